The smallest absolute Gasteiger partial charge is 0.312 e. The number of aliphatic hydroxyl groups is 1. The first-order chi connectivity index (χ1) is 18.1. The number of hydrogen-bond donors (Lipinski definition) is 1. The van der Waals surface area contributed by atoms with Crippen molar-refractivity contribution in [3.8, 4) is 0 Å². The van der Waals surface area contributed by atoms with Gasteiger partial charge < -0.3 is 24.4 Å². The Morgan fingerprint density at radius 2 is 2.00 bits per heavy atom. The maximum Gasteiger partial charge on any atom is 0.312 e. The molecule has 0 aromatic carbocycles. The van der Waals surface area contributed by atoms with E-state index in [1.807, 2.05) is 27.7 Å². The van der Waals surface area contributed by atoms with Crippen LogP contribution in [0.5, 0.6) is 0 Å². The Kier molecular flexibility index (Phi) is 9.85. The zero-order valence-electron chi connectivity index (χ0n) is 24.0. The van der Waals surface area contributed by atoms with Crippen molar-refractivity contribution in [3.63, 3.8) is 0 Å². The SMILES string of the molecule is C=CCCOC(=O)[C@@H]1[C@H]2C(=O)N([C@@H](CO)[C@@H](C)CC)C(C(=O)N(CC=C)CCCCC)C23CC(C)[C@@]1(C)O3. The lowest BCUT2D eigenvalue weighted by Crippen LogP contribution is -2.60. The van der Waals surface area contributed by atoms with E-state index in [1.54, 1.807) is 22.0 Å². The van der Waals surface area contributed by atoms with Crippen molar-refractivity contribution in [1.29, 1.82) is 0 Å². The van der Waals surface area contributed by atoms with Crippen LogP contribution in [0.25, 0.3) is 0 Å². The van der Waals surface area contributed by atoms with Gasteiger partial charge in [-0.2, -0.15) is 0 Å². The van der Waals surface area contributed by atoms with Gasteiger partial charge in [-0.05, 0) is 38.0 Å². The first-order valence-corrected chi connectivity index (χ1v) is 14.4. The van der Waals surface area contributed by atoms with E-state index in [9.17, 15) is 19.5 Å². The van der Waals surface area contributed by atoms with Crippen molar-refractivity contribution in [1.82, 2.24) is 9.80 Å². The summed E-state index contributed by atoms with van der Waals surface area (Å²) in [5.74, 6) is -2.74. The van der Waals surface area contributed by atoms with E-state index >= 15 is 0 Å². The highest BCUT2D eigenvalue weighted by Gasteiger charge is 2.80. The molecule has 3 fully saturated rings. The first-order valence-electron chi connectivity index (χ1n) is 14.4. The van der Waals surface area contributed by atoms with Crippen LogP contribution in [-0.4, -0.2) is 82.3 Å². The number of unbranched alkanes of at least 4 members (excludes halogenated alkanes) is 2. The summed E-state index contributed by atoms with van der Waals surface area (Å²) in [5.41, 5.74) is -2.08. The molecule has 38 heavy (non-hydrogen) atoms. The summed E-state index contributed by atoms with van der Waals surface area (Å²) < 4.78 is 12.4. The van der Waals surface area contributed by atoms with E-state index in [1.165, 1.54) is 0 Å². The third-order valence-corrected chi connectivity index (χ3v) is 9.34. The Hall–Kier alpha value is -2.19. The Morgan fingerprint density at radius 1 is 1.29 bits per heavy atom. The normalized spacial score (nSPS) is 33.1. The van der Waals surface area contributed by atoms with Crippen molar-refractivity contribution >= 4 is 17.8 Å². The van der Waals surface area contributed by atoms with Crippen molar-refractivity contribution in [2.75, 3.05) is 26.3 Å². The fourth-order valence-corrected chi connectivity index (χ4v) is 6.99. The summed E-state index contributed by atoms with van der Waals surface area (Å²) in [7, 11) is 0. The van der Waals surface area contributed by atoms with E-state index in [2.05, 4.69) is 20.1 Å². The molecule has 2 bridgehead atoms. The molecule has 3 unspecified atom stereocenters. The first kappa shape index (κ1) is 30.4. The van der Waals surface area contributed by atoms with Crippen LogP contribution in [0.15, 0.2) is 25.3 Å². The average Bonchev–Trinajstić information content (AvgIpc) is 3.40. The zero-order valence-corrected chi connectivity index (χ0v) is 24.0. The van der Waals surface area contributed by atoms with E-state index in [4.69, 9.17) is 9.47 Å². The fourth-order valence-electron chi connectivity index (χ4n) is 6.99. The van der Waals surface area contributed by atoms with Gasteiger partial charge in [0.1, 0.15) is 17.6 Å². The largest absolute Gasteiger partial charge is 0.465 e. The number of carbonyl (C=O) groups is 3. The maximum atomic E-state index is 14.4. The van der Waals surface area contributed by atoms with E-state index in [0.29, 0.717) is 25.9 Å². The standard InChI is InChI=1S/C30H48N2O6/c1-8-12-14-16-31(15-10-3)27(35)25-30-18-21(6)29(7,38-30)24(28(36)37-17-13-9-2)23(30)26(34)32(25)22(19-33)20(5)11-4/h9-10,20-25,33H,2-3,8,11-19H2,1,4-7H3/t20-,21?,22-,23-,24-,25?,29+,30?/m0/s1. The Bertz CT molecular complexity index is 907. The molecule has 214 valence electrons. The highest BCUT2D eigenvalue weighted by atomic mass is 16.6. The van der Waals surface area contributed by atoms with Crippen molar-refractivity contribution in [2.45, 2.75) is 96.4 Å². The lowest BCUT2D eigenvalue weighted by molar-refractivity contribution is -0.164. The lowest BCUT2D eigenvalue weighted by Gasteiger charge is -2.41. The van der Waals surface area contributed by atoms with Crippen LogP contribution in [0.2, 0.25) is 0 Å². The van der Waals surface area contributed by atoms with Gasteiger partial charge in [-0.3, -0.25) is 14.4 Å². The Labute approximate surface area is 228 Å². The second-order valence-electron chi connectivity index (χ2n) is 11.6. The third-order valence-electron chi connectivity index (χ3n) is 9.34. The van der Waals surface area contributed by atoms with E-state index in [-0.39, 0.29) is 36.9 Å². The molecular weight excluding hydrogens is 484 g/mol. The number of fused-ring (bicyclic) bond motifs is 1. The molecule has 0 radical (unpaired) electrons. The predicted octanol–water partition coefficient (Wildman–Crippen LogP) is 3.73. The molecule has 2 amide bonds. The summed E-state index contributed by atoms with van der Waals surface area (Å²) in [5, 5.41) is 10.5. The van der Waals surface area contributed by atoms with E-state index in [0.717, 1.165) is 25.7 Å². The topological polar surface area (TPSA) is 96.4 Å². The molecule has 0 aromatic heterocycles. The molecule has 3 saturated heterocycles. The summed E-state index contributed by atoms with van der Waals surface area (Å²) in [6.07, 6.45) is 7.95. The summed E-state index contributed by atoms with van der Waals surface area (Å²) in [6, 6.07) is -1.49. The summed E-state index contributed by atoms with van der Waals surface area (Å²) in [6.45, 7) is 18.3. The minimum absolute atomic E-state index is 0.0503. The maximum absolute atomic E-state index is 14.4. The molecular formula is C30H48N2O6. The molecule has 0 aliphatic carbocycles. The van der Waals surface area contributed by atoms with Crippen molar-refractivity contribution in [2.24, 2.45) is 23.7 Å². The molecule has 1 spiro atoms. The van der Waals surface area contributed by atoms with Gasteiger partial charge in [-0.15, -0.1) is 13.2 Å². The molecule has 3 aliphatic rings. The lowest BCUT2D eigenvalue weighted by atomic mass is 9.62. The number of hydrogen-bond acceptors (Lipinski definition) is 6. The number of aliphatic hydroxyl groups excluding tert-OH is 1. The summed E-state index contributed by atoms with van der Waals surface area (Å²) in [4.78, 5) is 45.6. The number of likely N-dealkylation sites (tertiary alicyclic amines) is 1. The molecule has 8 atom stereocenters. The Morgan fingerprint density at radius 3 is 2.58 bits per heavy atom. The monoisotopic (exact) mass is 532 g/mol. The van der Waals surface area contributed by atoms with E-state index < -0.39 is 41.1 Å². The second kappa shape index (κ2) is 12.3. The van der Waals surface area contributed by atoms with Crippen LogP contribution < -0.4 is 0 Å². The van der Waals surface area contributed by atoms with Gasteiger partial charge >= 0.3 is 5.97 Å². The number of nitrogens with zero attached hydrogens (tertiary/aromatic N) is 2. The van der Waals surface area contributed by atoms with Crippen LogP contribution in [0, 0.1) is 23.7 Å². The minimum Gasteiger partial charge on any atom is -0.465 e. The number of esters is 1. The van der Waals surface area contributed by atoms with Crippen LogP contribution in [0.3, 0.4) is 0 Å². The fraction of sp³-hybridized carbons (Fsp3) is 0.767. The molecule has 1 N–H and O–H groups in total. The van der Waals surface area contributed by atoms with Gasteiger partial charge in [0, 0.05) is 13.1 Å². The molecule has 8 heteroatoms. The minimum atomic E-state index is -1.16. The van der Waals surface area contributed by atoms with Crippen molar-refractivity contribution < 1.29 is 29.0 Å². The predicted molar refractivity (Wildman–Crippen MR) is 146 cm³/mol. The van der Waals surface area contributed by atoms with Gasteiger partial charge in [0.25, 0.3) is 0 Å². The zero-order chi connectivity index (χ0) is 28.3. The van der Waals surface area contributed by atoms with Crippen LogP contribution in [0.4, 0.5) is 0 Å². The van der Waals surface area contributed by atoms with Crippen molar-refractivity contribution in [3.05, 3.63) is 25.3 Å². The van der Waals surface area contributed by atoms with Gasteiger partial charge in [0.2, 0.25) is 11.8 Å². The molecule has 8 nitrogen and oxygen atoms in total. The molecule has 3 heterocycles. The van der Waals surface area contributed by atoms with Gasteiger partial charge in [0.15, 0.2) is 0 Å². The number of carbonyl (C=O) groups excluding carboxylic acids is 3. The highest BCUT2D eigenvalue weighted by Crippen LogP contribution is 2.65. The number of amides is 2. The van der Waals surface area contributed by atoms with Gasteiger partial charge in [-0.1, -0.05) is 59.1 Å². The molecule has 0 saturated carbocycles. The highest BCUT2D eigenvalue weighted by molar-refractivity contribution is 5.98. The van der Waals surface area contributed by atoms with Gasteiger partial charge in [-0.25, -0.2) is 0 Å². The quantitative estimate of drug-likeness (QED) is 0.196. The number of ether oxygens (including phenoxy) is 2. The third kappa shape index (κ3) is 4.94. The Balaban J connectivity index is 2.12. The molecule has 3 rings (SSSR count). The second-order valence-corrected chi connectivity index (χ2v) is 11.6. The summed E-state index contributed by atoms with van der Waals surface area (Å²) >= 11 is 0. The average molecular weight is 533 g/mol. The molecule has 0 aromatic rings. The van der Waals surface area contributed by atoms with Crippen LogP contribution >= 0.6 is 0 Å². The number of rotatable bonds is 15. The van der Waals surface area contributed by atoms with Gasteiger partial charge in [0.05, 0.1) is 30.8 Å². The van der Waals surface area contributed by atoms with Crippen LogP contribution in [0.1, 0.15) is 73.1 Å². The van der Waals surface area contributed by atoms with Crippen LogP contribution in [-0.2, 0) is 23.9 Å². The molecule has 3 aliphatic heterocycles.